The van der Waals surface area contributed by atoms with E-state index < -0.39 is 23.7 Å². The smallest absolute Gasteiger partial charge is 0.237 e. The van der Waals surface area contributed by atoms with E-state index in [1.54, 1.807) is 6.92 Å². The number of rotatable bonds is 4. The molecular weight excluding hydrogens is 278 g/mol. The molecule has 0 spiro atoms. The Labute approximate surface area is 122 Å². The first-order valence-corrected chi connectivity index (χ1v) is 7.07. The van der Waals surface area contributed by atoms with E-state index in [1.807, 2.05) is 0 Å². The van der Waals surface area contributed by atoms with Gasteiger partial charge in [0.1, 0.15) is 11.6 Å². The Morgan fingerprint density at radius 1 is 1.38 bits per heavy atom. The lowest BCUT2D eigenvalue weighted by atomic mass is 9.91. The summed E-state index contributed by atoms with van der Waals surface area (Å²) in [5.74, 6) is -1.57. The largest absolute Gasteiger partial charge is 0.381 e. The molecule has 2 rings (SSSR count). The van der Waals surface area contributed by atoms with Crippen molar-refractivity contribution in [1.82, 2.24) is 5.32 Å². The molecule has 0 radical (unpaired) electrons. The molecule has 1 amide bonds. The van der Waals surface area contributed by atoms with Gasteiger partial charge in [-0.05, 0) is 31.7 Å². The Kier molecular flexibility index (Phi) is 5.25. The van der Waals surface area contributed by atoms with Crippen LogP contribution in [0.3, 0.4) is 0 Å². The quantitative estimate of drug-likeness (QED) is 0.892. The maximum absolute atomic E-state index is 13.7. The summed E-state index contributed by atoms with van der Waals surface area (Å²) in [6.45, 7) is 2.85. The first kappa shape index (κ1) is 15.9. The normalized spacial score (nSPS) is 19.0. The molecule has 1 aliphatic rings. The molecule has 0 saturated carbocycles. The molecule has 3 N–H and O–H groups in total. The van der Waals surface area contributed by atoms with Crippen LogP contribution < -0.4 is 11.1 Å². The molecule has 1 heterocycles. The average Bonchev–Trinajstić information content (AvgIpc) is 2.47. The highest BCUT2D eigenvalue weighted by molar-refractivity contribution is 5.82. The second-order valence-corrected chi connectivity index (χ2v) is 5.37. The molecule has 1 unspecified atom stereocenters. The Bertz CT molecular complexity index is 504. The van der Waals surface area contributed by atoms with Crippen molar-refractivity contribution in [3.05, 3.63) is 35.4 Å². The number of ether oxygens (including phenoxy) is 1. The van der Waals surface area contributed by atoms with E-state index >= 15 is 0 Å². The van der Waals surface area contributed by atoms with Crippen molar-refractivity contribution >= 4 is 5.91 Å². The molecule has 1 aromatic rings. The lowest BCUT2D eigenvalue weighted by molar-refractivity contribution is -0.125. The van der Waals surface area contributed by atoms with Gasteiger partial charge in [0.15, 0.2) is 0 Å². The zero-order valence-corrected chi connectivity index (χ0v) is 11.9. The van der Waals surface area contributed by atoms with Crippen molar-refractivity contribution in [2.24, 2.45) is 11.7 Å². The zero-order valence-electron chi connectivity index (χ0n) is 11.9. The second kappa shape index (κ2) is 6.95. The van der Waals surface area contributed by atoms with Crippen molar-refractivity contribution in [1.29, 1.82) is 0 Å². The molecule has 6 heteroatoms. The maximum Gasteiger partial charge on any atom is 0.237 e. The number of hydrogen-bond donors (Lipinski definition) is 2. The van der Waals surface area contributed by atoms with Gasteiger partial charge in [-0.2, -0.15) is 0 Å². The van der Waals surface area contributed by atoms with Crippen molar-refractivity contribution in [3.8, 4) is 0 Å². The van der Waals surface area contributed by atoms with E-state index in [2.05, 4.69) is 5.32 Å². The van der Waals surface area contributed by atoms with Gasteiger partial charge in [-0.25, -0.2) is 8.78 Å². The van der Waals surface area contributed by atoms with Crippen LogP contribution in [0.15, 0.2) is 18.2 Å². The number of carbonyl (C=O) groups is 1. The summed E-state index contributed by atoms with van der Waals surface area (Å²) in [4.78, 5) is 12.1. The third-order valence-electron chi connectivity index (χ3n) is 3.86. The lowest BCUT2D eigenvalue weighted by Crippen LogP contribution is -2.47. The summed E-state index contributed by atoms with van der Waals surface area (Å²) in [5.41, 5.74) is 6.20. The van der Waals surface area contributed by atoms with Gasteiger partial charge in [-0.1, -0.05) is 6.07 Å². The minimum Gasteiger partial charge on any atom is -0.381 e. The number of halogens is 2. The number of nitrogens with one attached hydrogen (secondary N) is 1. The van der Waals surface area contributed by atoms with Crippen LogP contribution in [0.5, 0.6) is 0 Å². The molecule has 116 valence electrons. The predicted molar refractivity (Wildman–Crippen MR) is 74.4 cm³/mol. The van der Waals surface area contributed by atoms with Gasteiger partial charge in [-0.15, -0.1) is 0 Å². The van der Waals surface area contributed by atoms with E-state index in [0.29, 0.717) is 13.2 Å². The minimum absolute atomic E-state index is 0.0732. The Morgan fingerprint density at radius 3 is 2.67 bits per heavy atom. The Morgan fingerprint density at radius 2 is 2.05 bits per heavy atom. The summed E-state index contributed by atoms with van der Waals surface area (Å²) < 4.78 is 31.8. The molecular formula is C15H20F2N2O2. The van der Waals surface area contributed by atoms with Crippen LogP contribution in [-0.2, 0) is 9.53 Å². The van der Waals surface area contributed by atoms with E-state index in [9.17, 15) is 13.6 Å². The molecule has 0 aliphatic carbocycles. The fourth-order valence-corrected chi connectivity index (χ4v) is 2.53. The summed E-state index contributed by atoms with van der Waals surface area (Å²) in [6.07, 6.45) is 1.49. The summed E-state index contributed by atoms with van der Waals surface area (Å²) in [5, 5.41) is 2.69. The molecule has 1 aromatic carbocycles. The number of carbonyl (C=O) groups excluding carboxylic acids is 1. The van der Waals surface area contributed by atoms with E-state index in [4.69, 9.17) is 10.5 Å². The predicted octanol–water partition coefficient (Wildman–Crippen LogP) is 1.90. The minimum atomic E-state index is -0.678. The van der Waals surface area contributed by atoms with Gasteiger partial charge < -0.3 is 15.8 Å². The summed E-state index contributed by atoms with van der Waals surface area (Å²) in [6, 6.07) is 2.09. The fraction of sp³-hybridized carbons (Fsp3) is 0.533. The van der Waals surface area contributed by atoms with Gasteiger partial charge in [0.25, 0.3) is 0 Å². The SMILES string of the molecule is C[C@@H](NC(=O)C(N)C1CCOCC1)c1ccc(F)cc1F. The third-order valence-corrected chi connectivity index (χ3v) is 3.86. The second-order valence-electron chi connectivity index (χ2n) is 5.37. The lowest BCUT2D eigenvalue weighted by Gasteiger charge is -2.28. The zero-order chi connectivity index (χ0) is 15.4. The van der Waals surface area contributed by atoms with Gasteiger partial charge >= 0.3 is 0 Å². The third kappa shape index (κ3) is 3.98. The van der Waals surface area contributed by atoms with Gasteiger partial charge in [0.05, 0.1) is 12.1 Å². The van der Waals surface area contributed by atoms with Crippen LogP contribution >= 0.6 is 0 Å². The molecule has 1 saturated heterocycles. The molecule has 1 aliphatic heterocycles. The fourth-order valence-electron chi connectivity index (χ4n) is 2.53. The van der Waals surface area contributed by atoms with Gasteiger partial charge in [0.2, 0.25) is 5.91 Å². The van der Waals surface area contributed by atoms with Crippen molar-refractivity contribution in [3.63, 3.8) is 0 Å². The number of nitrogens with two attached hydrogens (primary N) is 1. The highest BCUT2D eigenvalue weighted by atomic mass is 19.1. The Hall–Kier alpha value is -1.53. The molecule has 4 nitrogen and oxygen atoms in total. The van der Waals surface area contributed by atoms with Crippen LogP contribution in [0.2, 0.25) is 0 Å². The average molecular weight is 298 g/mol. The monoisotopic (exact) mass is 298 g/mol. The van der Waals surface area contributed by atoms with Crippen molar-refractivity contribution in [2.45, 2.75) is 31.8 Å². The highest BCUT2D eigenvalue weighted by Gasteiger charge is 2.27. The first-order chi connectivity index (χ1) is 9.99. The molecule has 0 bridgehead atoms. The van der Waals surface area contributed by atoms with Gasteiger partial charge in [0, 0.05) is 24.8 Å². The van der Waals surface area contributed by atoms with Gasteiger partial charge in [-0.3, -0.25) is 4.79 Å². The van der Waals surface area contributed by atoms with E-state index in [0.717, 1.165) is 18.9 Å². The van der Waals surface area contributed by atoms with E-state index in [-0.39, 0.29) is 17.4 Å². The van der Waals surface area contributed by atoms with Crippen LogP contribution in [0.1, 0.15) is 31.4 Å². The topological polar surface area (TPSA) is 64.4 Å². The molecule has 21 heavy (non-hydrogen) atoms. The van der Waals surface area contributed by atoms with E-state index in [1.165, 1.54) is 12.1 Å². The van der Waals surface area contributed by atoms with Crippen molar-refractivity contribution < 1.29 is 18.3 Å². The number of benzene rings is 1. The highest BCUT2D eigenvalue weighted by Crippen LogP contribution is 2.20. The number of hydrogen-bond acceptors (Lipinski definition) is 3. The number of amides is 1. The standard InChI is InChI=1S/C15H20F2N2O2/c1-9(12-3-2-11(16)8-13(12)17)19-15(20)14(18)10-4-6-21-7-5-10/h2-3,8-10,14H,4-7,18H2,1H3,(H,19,20)/t9-,14?/m1/s1. The molecule has 1 fully saturated rings. The molecule has 2 atom stereocenters. The molecule has 0 aromatic heterocycles. The van der Waals surface area contributed by atoms with Crippen LogP contribution in [0.4, 0.5) is 8.78 Å². The summed E-state index contributed by atoms with van der Waals surface area (Å²) >= 11 is 0. The van der Waals surface area contributed by atoms with Crippen LogP contribution in [-0.4, -0.2) is 25.2 Å². The van der Waals surface area contributed by atoms with Crippen LogP contribution in [0.25, 0.3) is 0 Å². The maximum atomic E-state index is 13.7. The van der Waals surface area contributed by atoms with Crippen molar-refractivity contribution in [2.75, 3.05) is 13.2 Å². The Balaban J connectivity index is 1.97. The first-order valence-electron chi connectivity index (χ1n) is 7.07. The van der Waals surface area contributed by atoms with Crippen LogP contribution in [0, 0.1) is 17.6 Å². The summed E-state index contributed by atoms with van der Waals surface area (Å²) in [7, 11) is 0.